The number of carbonyl (C=O) groups excluding carboxylic acids is 1. The van der Waals surface area contributed by atoms with Gasteiger partial charge in [-0.2, -0.15) is 11.8 Å². The van der Waals surface area contributed by atoms with Gasteiger partial charge in [-0.25, -0.2) is 4.98 Å². The predicted molar refractivity (Wildman–Crippen MR) is 119 cm³/mol. The van der Waals surface area contributed by atoms with Crippen LogP contribution in [0.15, 0.2) is 17.4 Å². The highest BCUT2D eigenvalue weighted by molar-refractivity contribution is 7.98. The minimum atomic E-state index is -1.64. The van der Waals surface area contributed by atoms with Crippen LogP contribution in [0.25, 0.3) is 0 Å². The number of hydrogen-bond donors (Lipinski definition) is 6. The Hall–Kier alpha value is -1.81. The van der Waals surface area contributed by atoms with Crippen molar-refractivity contribution in [2.75, 3.05) is 40.0 Å². The number of thioether (sulfide) groups is 1. The second kappa shape index (κ2) is 16.8. The number of thiazole rings is 1. The minimum Gasteiger partial charge on any atom is -0.394 e. The maximum atomic E-state index is 10.4. The molecule has 1 aromatic rings. The van der Waals surface area contributed by atoms with E-state index in [2.05, 4.69) is 25.9 Å². The van der Waals surface area contributed by atoms with Crippen molar-refractivity contribution in [2.24, 2.45) is 0 Å². The fourth-order valence-corrected chi connectivity index (χ4v) is 3.68. The van der Waals surface area contributed by atoms with Crippen LogP contribution in [0.2, 0.25) is 0 Å². The molecule has 12 nitrogen and oxygen atoms in total. The van der Waals surface area contributed by atoms with Gasteiger partial charge < -0.3 is 40.8 Å². The largest absolute Gasteiger partial charge is 0.394 e. The van der Waals surface area contributed by atoms with Crippen LogP contribution < -0.4 is 10.6 Å². The molecule has 0 fully saturated rings. The normalized spacial score (nSPS) is 14.3. The van der Waals surface area contributed by atoms with Crippen molar-refractivity contribution in [3.63, 3.8) is 0 Å². The molecule has 6 N–H and O–H groups in total. The molecule has 178 valence electrons. The Kier molecular flexibility index (Phi) is 15.8. The predicted octanol–water partition coefficient (Wildman–Crippen LogP) is -1.42. The topological polar surface area (TPSA) is 181 Å². The fourth-order valence-electron chi connectivity index (χ4n) is 1.91. The molecule has 0 aromatic carbocycles. The maximum Gasteiger partial charge on any atom is 0.274 e. The molecular formula is C17H31N5O7S2. The van der Waals surface area contributed by atoms with E-state index in [4.69, 9.17) is 20.4 Å². The van der Waals surface area contributed by atoms with Gasteiger partial charge in [0.05, 0.1) is 17.2 Å². The number of aliphatic hydroxyl groups excluding tert-OH is 4. The first-order chi connectivity index (χ1) is 14.6. The molecule has 1 aromatic heterocycles. The molecule has 0 spiro atoms. The van der Waals surface area contributed by atoms with Crippen LogP contribution in [0.5, 0.6) is 0 Å². The summed E-state index contributed by atoms with van der Waals surface area (Å²) in [6.07, 6.45) is -3.70. The van der Waals surface area contributed by atoms with Gasteiger partial charge in [0, 0.05) is 37.0 Å². The van der Waals surface area contributed by atoms with Crippen LogP contribution in [0, 0.1) is 10.1 Å². The Labute approximate surface area is 189 Å². The van der Waals surface area contributed by atoms with Gasteiger partial charge in [0.2, 0.25) is 0 Å². The Balaban J connectivity index is 0.000000759. The molecule has 0 saturated heterocycles. The van der Waals surface area contributed by atoms with E-state index in [-0.39, 0.29) is 6.29 Å². The molecule has 0 unspecified atom stereocenters. The highest BCUT2D eigenvalue weighted by Gasteiger charge is 2.22. The summed E-state index contributed by atoms with van der Waals surface area (Å²) in [5.41, 5.74) is 1.09. The summed E-state index contributed by atoms with van der Waals surface area (Å²) in [6, 6.07) is 0. The number of carbonyl (C=O) groups is 1. The maximum absolute atomic E-state index is 10.4. The van der Waals surface area contributed by atoms with Gasteiger partial charge in [-0.15, -0.1) is 11.3 Å². The number of aromatic nitrogens is 1. The molecular weight excluding hydrogens is 450 g/mol. The zero-order valence-corrected chi connectivity index (χ0v) is 19.3. The third kappa shape index (κ3) is 14.0. The van der Waals surface area contributed by atoms with Crippen LogP contribution in [-0.2, 0) is 17.1 Å². The van der Waals surface area contributed by atoms with E-state index in [0.29, 0.717) is 12.4 Å². The van der Waals surface area contributed by atoms with E-state index >= 15 is 0 Å². The summed E-state index contributed by atoms with van der Waals surface area (Å²) in [5.74, 6) is 2.14. The molecule has 0 aliphatic carbocycles. The smallest absolute Gasteiger partial charge is 0.274 e. The van der Waals surface area contributed by atoms with Gasteiger partial charge in [0.15, 0.2) is 12.1 Å². The molecule has 14 heteroatoms. The summed E-state index contributed by atoms with van der Waals surface area (Å²) >= 11 is 3.43. The average Bonchev–Trinajstić information content (AvgIpc) is 3.17. The molecule has 0 aliphatic rings. The molecule has 0 bridgehead atoms. The van der Waals surface area contributed by atoms with E-state index in [1.54, 1.807) is 30.1 Å². The fraction of sp³-hybridized carbons (Fsp3) is 0.647. The lowest BCUT2D eigenvalue weighted by atomic mass is 10.1. The number of aliphatic hydroxyl groups is 4. The molecule has 0 aliphatic heterocycles. The van der Waals surface area contributed by atoms with Gasteiger partial charge in [-0.3, -0.25) is 10.1 Å². The first-order valence-electron chi connectivity index (χ1n) is 9.17. The standard InChI is InChI=1S/C12H21N5O2S2.C5H10O5/c1-13-11(6-17(18)19)14-4-5-20-8-10-9-21-12(15-10)7-16(2)3;6-1-3(8)5(10)4(9)2-7/h6,9,13-14H,4-5,7-8H2,1-3H3;1,3-5,7-10H,2H2/b11-6+;/t;3-,4+,5-/m.0/s1. The van der Waals surface area contributed by atoms with Gasteiger partial charge in [0.1, 0.15) is 23.3 Å². The summed E-state index contributed by atoms with van der Waals surface area (Å²) in [7, 11) is 5.70. The number of rotatable bonds is 14. The van der Waals surface area contributed by atoms with Crippen LogP contribution in [-0.4, -0.2) is 99.9 Å². The third-order valence-electron chi connectivity index (χ3n) is 3.44. The van der Waals surface area contributed by atoms with Crippen molar-refractivity contribution >= 4 is 29.4 Å². The lowest BCUT2D eigenvalue weighted by Gasteiger charge is -2.16. The average molecular weight is 482 g/mol. The number of nitrogens with zero attached hydrogens (tertiary/aromatic N) is 3. The van der Waals surface area contributed by atoms with Crippen LogP contribution in [0.3, 0.4) is 0 Å². The Bertz CT molecular complexity index is 675. The monoisotopic (exact) mass is 481 g/mol. The van der Waals surface area contributed by atoms with Crippen LogP contribution in [0.1, 0.15) is 10.7 Å². The number of nitrogens with one attached hydrogen (secondary N) is 2. The number of aldehydes is 1. The van der Waals surface area contributed by atoms with Crippen LogP contribution >= 0.6 is 23.1 Å². The molecule has 0 radical (unpaired) electrons. The first kappa shape index (κ1) is 29.2. The Morgan fingerprint density at radius 2 is 2.10 bits per heavy atom. The summed E-state index contributed by atoms with van der Waals surface area (Å²) in [6.45, 7) is 0.847. The molecule has 0 amide bonds. The molecule has 0 saturated carbocycles. The van der Waals surface area contributed by atoms with E-state index < -0.39 is 29.8 Å². The van der Waals surface area contributed by atoms with E-state index in [0.717, 1.165) is 35.0 Å². The molecule has 1 heterocycles. The van der Waals surface area contributed by atoms with E-state index in [9.17, 15) is 14.9 Å². The van der Waals surface area contributed by atoms with Crippen molar-refractivity contribution in [3.8, 4) is 0 Å². The van der Waals surface area contributed by atoms with Gasteiger partial charge in [0.25, 0.3) is 6.20 Å². The lowest BCUT2D eigenvalue weighted by molar-refractivity contribution is -0.404. The zero-order valence-electron chi connectivity index (χ0n) is 17.7. The second-order valence-electron chi connectivity index (χ2n) is 6.40. The van der Waals surface area contributed by atoms with Crippen molar-refractivity contribution in [2.45, 2.75) is 30.6 Å². The molecule has 31 heavy (non-hydrogen) atoms. The highest BCUT2D eigenvalue weighted by atomic mass is 32.2. The Morgan fingerprint density at radius 1 is 1.42 bits per heavy atom. The van der Waals surface area contributed by atoms with Crippen molar-refractivity contribution in [1.29, 1.82) is 0 Å². The quantitative estimate of drug-likeness (QED) is 0.0791. The summed E-state index contributed by atoms with van der Waals surface area (Å²) in [5, 5.41) is 53.4. The second-order valence-corrected chi connectivity index (χ2v) is 8.44. The lowest BCUT2D eigenvalue weighted by Crippen LogP contribution is -2.40. The molecule has 1 rings (SSSR count). The van der Waals surface area contributed by atoms with Crippen molar-refractivity contribution < 1.29 is 30.1 Å². The minimum absolute atomic E-state index is 0.0869. The van der Waals surface area contributed by atoms with E-state index in [1.807, 2.05) is 14.1 Å². The SMILES string of the molecule is CN/C(=C\[N+](=O)[O-])NCCSCc1csc(CN(C)C)n1.O=C[C@H](O)[C@H](O)[C@H](O)CO. The number of hydrogen-bond acceptors (Lipinski definition) is 13. The summed E-state index contributed by atoms with van der Waals surface area (Å²) in [4.78, 5) is 26.3. The highest BCUT2D eigenvalue weighted by Crippen LogP contribution is 2.16. The van der Waals surface area contributed by atoms with Gasteiger partial charge >= 0.3 is 0 Å². The van der Waals surface area contributed by atoms with Gasteiger partial charge in [-0.1, -0.05) is 0 Å². The van der Waals surface area contributed by atoms with Crippen molar-refractivity contribution in [3.05, 3.63) is 38.2 Å². The van der Waals surface area contributed by atoms with Crippen LogP contribution in [0.4, 0.5) is 0 Å². The summed E-state index contributed by atoms with van der Waals surface area (Å²) < 4.78 is 0. The third-order valence-corrected chi connectivity index (χ3v) is 5.31. The van der Waals surface area contributed by atoms with Crippen molar-refractivity contribution in [1.82, 2.24) is 20.5 Å². The Morgan fingerprint density at radius 3 is 2.61 bits per heavy atom. The van der Waals surface area contributed by atoms with Gasteiger partial charge in [-0.05, 0) is 14.1 Å². The zero-order chi connectivity index (χ0) is 23.8. The number of nitro groups is 1. The van der Waals surface area contributed by atoms with E-state index in [1.165, 1.54) is 0 Å². The molecule has 3 atom stereocenters. The first-order valence-corrected chi connectivity index (χ1v) is 11.2.